The van der Waals surface area contributed by atoms with Crippen molar-refractivity contribution in [1.82, 2.24) is 0 Å². The summed E-state index contributed by atoms with van der Waals surface area (Å²) in [6.45, 7) is 0.585. The smallest absolute Gasteiger partial charge is 0.228 e. The van der Waals surface area contributed by atoms with Crippen LogP contribution in [0.3, 0.4) is 0 Å². The molecule has 2 aromatic carbocycles. The summed E-state index contributed by atoms with van der Waals surface area (Å²) in [4.78, 5) is 11.4. The van der Waals surface area contributed by atoms with Gasteiger partial charge in [0.25, 0.3) is 0 Å². The molecule has 1 amide bonds. The minimum atomic E-state index is 0.0548. The largest absolute Gasteiger partial charge is 0.493 e. The lowest BCUT2D eigenvalue weighted by Crippen LogP contribution is -2.33. The van der Waals surface area contributed by atoms with Crippen LogP contribution in [-0.2, 0) is 17.6 Å². The van der Waals surface area contributed by atoms with Gasteiger partial charge in [0.15, 0.2) is 11.5 Å². The van der Waals surface area contributed by atoms with E-state index in [1.165, 1.54) is 0 Å². The fraction of sp³-hybridized carbons (Fsp3) is 0.278. The highest BCUT2D eigenvalue weighted by Crippen LogP contribution is 2.35. The number of carbonyl (C=O) groups is 1. The van der Waals surface area contributed by atoms with Crippen LogP contribution in [-0.4, -0.2) is 25.7 Å². The molecule has 23 heavy (non-hydrogen) atoms. The quantitative estimate of drug-likeness (QED) is 0.915. The van der Waals surface area contributed by atoms with Crippen LogP contribution in [0.2, 0.25) is 0 Å². The van der Waals surface area contributed by atoms with Gasteiger partial charge in [0.05, 0.1) is 19.6 Å². The van der Waals surface area contributed by atoms with E-state index in [2.05, 4.69) is 16.7 Å². The minimum Gasteiger partial charge on any atom is -0.493 e. The summed E-state index contributed by atoms with van der Waals surface area (Å²) in [7, 11) is 1.66. The SMILES string of the molecule is COc1cccc2c1OCC(Nc1ccc3c(c1)CC(=O)N3)C2. The van der Waals surface area contributed by atoms with Crippen molar-refractivity contribution in [2.24, 2.45) is 0 Å². The second-order valence-electron chi connectivity index (χ2n) is 5.90. The van der Waals surface area contributed by atoms with Gasteiger partial charge >= 0.3 is 0 Å². The van der Waals surface area contributed by atoms with E-state index in [0.717, 1.165) is 40.4 Å². The second kappa shape index (κ2) is 5.50. The van der Waals surface area contributed by atoms with Gasteiger partial charge in [-0.3, -0.25) is 4.79 Å². The van der Waals surface area contributed by atoms with Gasteiger partial charge in [-0.25, -0.2) is 0 Å². The number of ether oxygens (including phenoxy) is 2. The molecule has 0 bridgehead atoms. The molecule has 5 nitrogen and oxygen atoms in total. The van der Waals surface area contributed by atoms with Crippen molar-refractivity contribution in [2.45, 2.75) is 18.9 Å². The van der Waals surface area contributed by atoms with E-state index in [4.69, 9.17) is 9.47 Å². The highest BCUT2D eigenvalue weighted by atomic mass is 16.5. The van der Waals surface area contributed by atoms with Crippen molar-refractivity contribution in [3.63, 3.8) is 0 Å². The monoisotopic (exact) mass is 310 g/mol. The van der Waals surface area contributed by atoms with Gasteiger partial charge in [0.2, 0.25) is 5.91 Å². The molecule has 2 aliphatic rings. The van der Waals surface area contributed by atoms with Gasteiger partial charge in [-0.2, -0.15) is 0 Å². The second-order valence-corrected chi connectivity index (χ2v) is 5.90. The van der Waals surface area contributed by atoms with E-state index in [1.807, 2.05) is 30.3 Å². The predicted octanol–water partition coefficient (Wildman–Crippen LogP) is 2.61. The summed E-state index contributed by atoms with van der Waals surface area (Å²) < 4.78 is 11.2. The summed E-state index contributed by atoms with van der Waals surface area (Å²) in [6, 6.07) is 12.1. The lowest BCUT2D eigenvalue weighted by Gasteiger charge is -2.28. The minimum absolute atomic E-state index is 0.0548. The van der Waals surface area contributed by atoms with Crippen LogP contribution in [0.5, 0.6) is 11.5 Å². The number of hydrogen-bond acceptors (Lipinski definition) is 4. The van der Waals surface area contributed by atoms with Crippen molar-refractivity contribution in [1.29, 1.82) is 0 Å². The van der Waals surface area contributed by atoms with Gasteiger partial charge in [-0.1, -0.05) is 12.1 Å². The predicted molar refractivity (Wildman–Crippen MR) is 88.4 cm³/mol. The molecule has 2 N–H and O–H groups in total. The molecule has 2 heterocycles. The molecule has 0 aliphatic carbocycles. The molecule has 4 rings (SSSR count). The molecule has 118 valence electrons. The normalized spacial score (nSPS) is 18.5. The average Bonchev–Trinajstić information content (AvgIpc) is 2.93. The zero-order valence-electron chi connectivity index (χ0n) is 12.9. The summed E-state index contributed by atoms with van der Waals surface area (Å²) in [5, 5.41) is 6.35. The number of hydrogen-bond donors (Lipinski definition) is 2. The Labute approximate surface area is 134 Å². The Kier molecular flexibility index (Phi) is 3.33. The van der Waals surface area contributed by atoms with E-state index in [-0.39, 0.29) is 11.9 Å². The number of methoxy groups -OCH3 is 1. The molecule has 0 saturated carbocycles. The van der Waals surface area contributed by atoms with Crippen LogP contribution in [0, 0.1) is 0 Å². The van der Waals surface area contributed by atoms with Crippen LogP contribution >= 0.6 is 0 Å². The van der Waals surface area contributed by atoms with Crippen LogP contribution in [0.25, 0.3) is 0 Å². The molecule has 0 aromatic heterocycles. The molecular weight excluding hydrogens is 292 g/mol. The molecule has 5 heteroatoms. The van der Waals surface area contributed by atoms with Crippen molar-refractivity contribution in [2.75, 3.05) is 24.4 Å². The third-order valence-electron chi connectivity index (χ3n) is 4.28. The van der Waals surface area contributed by atoms with Crippen molar-refractivity contribution in [3.8, 4) is 11.5 Å². The van der Waals surface area contributed by atoms with Gasteiger partial charge in [-0.15, -0.1) is 0 Å². The van der Waals surface area contributed by atoms with Crippen LogP contribution < -0.4 is 20.1 Å². The van der Waals surface area contributed by atoms with Gasteiger partial charge in [0.1, 0.15) is 6.61 Å². The molecule has 2 aliphatic heterocycles. The maximum absolute atomic E-state index is 11.4. The Balaban J connectivity index is 1.51. The highest BCUT2D eigenvalue weighted by molar-refractivity contribution is 5.99. The molecule has 0 saturated heterocycles. The Hall–Kier alpha value is -2.69. The fourth-order valence-corrected chi connectivity index (χ4v) is 3.20. The first-order chi connectivity index (χ1) is 11.2. The van der Waals surface area contributed by atoms with E-state index < -0.39 is 0 Å². The molecular formula is C18H18N2O3. The number of fused-ring (bicyclic) bond motifs is 2. The number of benzene rings is 2. The van der Waals surface area contributed by atoms with Gasteiger partial charge in [0, 0.05) is 16.9 Å². The summed E-state index contributed by atoms with van der Waals surface area (Å²) in [5.41, 5.74) is 4.11. The topological polar surface area (TPSA) is 59.6 Å². The van der Waals surface area contributed by atoms with Crippen molar-refractivity contribution < 1.29 is 14.3 Å². The first kappa shape index (κ1) is 13.9. The van der Waals surface area contributed by atoms with Crippen molar-refractivity contribution in [3.05, 3.63) is 47.5 Å². The molecule has 1 unspecified atom stereocenters. The Morgan fingerprint density at radius 3 is 3.04 bits per heavy atom. The summed E-state index contributed by atoms with van der Waals surface area (Å²) in [5.74, 6) is 1.68. The number of amides is 1. The molecule has 0 spiro atoms. The Morgan fingerprint density at radius 2 is 2.17 bits per heavy atom. The first-order valence-electron chi connectivity index (χ1n) is 7.71. The maximum atomic E-state index is 11.4. The van der Waals surface area contributed by atoms with Crippen LogP contribution in [0.15, 0.2) is 36.4 Å². The fourth-order valence-electron chi connectivity index (χ4n) is 3.20. The summed E-state index contributed by atoms with van der Waals surface area (Å²) >= 11 is 0. The standard InChI is InChI=1S/C18H18N2O3/c1-22-16-4-2-3-11-7-14(10-23-18(11)16)19-13-5-6-15-12(8-13)9-17(21)20-15/h2-6,8,14,19H,7,9-10H2,1H3,(H,20,21). The zero-order chi connectivity index (χ0) is 15.8. The van der Waals surface area contributed by atoms with E-state index in [0.29, 0.717) is 13.0 Å². The first-order valence-corrected chi connectivity index (χ1v) is 7.71. The van der Waals surface area contributed by atoms with E-state index >= 15 is 0 Å². The molecule has 0 radical (unpaired) electrons. The lowest BCUT2D eigenvalue weighted by molar-refractivity contribution is -0.115. The number of rotatable bonds is 3. The average molecular weight is 310 g/mol. The molecule has 1 atom stereocenters. The molecule has 2 aromatic rings. The number of carbonyl (C=O) groups excluding carboxylic acids is 1. The van der Waals surface area contributed by atoms with Gasteiger partial charge < -0.3 is 20.1 Å². The van der Waals surface area contributed by atoms with Crippen LogP contribution in [0.1, 0.15) is 11.1 Å². The Bertz CT molecular complexity index is 773. The van der Waals surface area contributed by atoms with E-state index in [9.17, 15) is 4.79 Å². The zero-order valence-corrected chi connectivity index (χ0v) is 12.9. The van der Waals surface area contributed by atoms with Crippen molar-refractivity contribution >= 4 is 17.3 Å². The van der Waals surface area contributed by atoms with E-state index in [1.54, 1.807) is 7.11 Å². The lowest BCUT2D eigenvalue weighted by atomic mass is 10.0. The summed E-state index contributed by atoms with van der Waals surface area (Å²) in [6.07, 6.45) is 1.33. The maximum Gasteiger partial charge on any atom is 0.228 e. The number of nitrogens with one attached hydrogen (secondary N) is 2. The Morgan fingerprint density at radius 1 is 1.26 bits per heavy atom. The third-order valence-corrected chi connectivity index (χ3v) is 4.28. The van der Waals surface area contributed by atoms with Gasteiger partial charge in [-0.05, 0) is 36.2 Å². The number of para-hydroxylation sites is 1. The third kappa shape index (κ3) is 2.59. The molecule has 0 fully saturated rings. The van der Waals surface area contributed by atoms with Crippen LogP contribution in [0.4, 0.5) is 11.4 Å². The number of anilines is 2. The highest BCUT2D eigenvalue weighted by Gasteiger charge is 2.23.